The molecule has 0 amide bonds. The summed E-state index contributed by atoms with van der Waals surface area (Å²) in [5.41, 5.74) is 6.07. The molecule has 0 saturated heterocycles. The van der Waals surface area contributed by atoms with Crippen molar-refractivity contribution in [3.05, 3.63) is 78.4 Å². The van der Waals surface area contributed by atoms with Crippen molar-refractivity contribution >= 4 is 33.1 Å². The minimum absolute atomic E-state index is 0.675. The van der Waals surface area contributed by atoms with Gasteiger partial charge in [0.05, 0.1) is 23.2 Å². The Morgan fingerprint density at radius 3 is 2.30 bits per heavy atom. The van der Waals surface area contributed by atoms with Gasteiger partial charge in [-0.3, -0.25) is 0 Å². The Bertz CT molecular complexity index is 1260. The first-order valence-electron chi connectivity index (χ1n) is 9.19. The van der Waals surface area contributed by atoms with E-state index in [2.05, 4.69) is 41.0 Å². The number of aromatic nitrogens is 3. The molecule has 4 nitrogen and oxygen atoms in total. The quantitative estimate of drug-likeness (QED) is 0.447. The van der Waals surface area contributed by atoms with Gasteiger partial charge >= 0.3 is 0 Å². The first-order valence-corrected chi connectivity index (χ1v) is 9.19. The maximum absolute atomic E-state index is 5.56. The molecule has 0 radical (unpaired) electrons. The third-order valence-corrected chi connectivity index (χ3v) is 4.83. The van der Waals surface area contributed by atoms with Crippen LogP contribution in [-0.2, 0) is 6.54 Å². The van der Waals surface area contributed by atoms with Crippen LogP contribution >= 0.6 is 0 Å². The first kappa shape index (κ1) is 15.8. The van der Waals surface area contributed by atoms with Crippen molar-refractivity contribution < 1.29 is 4.74 Å². The molecule has 0 bridgehead atoms. The Morgan fingerprint density at radius 1 is 0.815 bits per heavy atom. The highest BCUT2D eigenvalue weighted by Crippen LogP contribution is 2.29. The van der Waals surface area contributed by atoms with E-state index < -0.39 is 0 Å². The summed E-state index contributed by atoms with van der Waals surface area (Å²) in [6.07, 6.45) is 0. The van der Waals surface area contributed by atoms with E-state index in [1.807, 2.05) is 43.3 Å². The van der Waals surface area contributed by atoms with Crippen LogP contribution < -0.4 is 4.74 Å². The fourth-order valence-electron chi connectivity index (χ4n) is 3.58. The zero-order valence-corrected chi connectivity index (χ0v) is 15.1. The fourth-order valence-corrected chi connectivity index (χ4v) is 3.58. The predicted molar refractivity (Wildman–Crippen MR) is 109 cm³/mol. The molecule has 0 spiro atoms. The molecule has 27 heavy (non-hydrogen) atoms. The van der Waals surface area contributed by atoms with E-state index in [9.17, 15) is 0 Å². The number of hydrogen-bond acceptors (Lipinski definition) is 3. The molecule has 0 aliphatic carbocycles. The van der Waals surface area contributed by atoms with Crippen LogP contribution in [-0.4, -0.2) is 21.1 Å². The number of para-hydroxylation sites is 3. The van der Waals surface area contributed by atoms with Crippen LogP contribution in [0.25, 0.3) is 33.1 Å². The van der Waals surface area contributed by atoms with E-state index in [0.717, 1.165) is 45.4 Å². The normalized spacial score (nSPS) is 11.4. The lowest BCUT2D eigenvalue weighted by atomic mass is 10.2. The number of nitrogens with zero attached hydrogens (tertiary/aromatic N) is 3. The molecule has 0 atom stereocenters. The van der Waals surface area contributed by atoms with Gasteiger partial charge in [-0.2, -0.15) is 0 Å². The predicted octanol–water partition coefficient (Wildman–Crippen LogP) is 5.18. The Hall–Kier alpha value is -3.40. The molecule has 4 heteroatoms. The second kappa shape index (κ2) is 6.40. The van der Waals surface area contributed by atoms with Crippen LogP contribution in [0.5, 0.6) is 5.75 Å². The zero-order chi connectivity index (χ0) is 18.2. The van der Waals surface area contributed by atoms with Crippen molar-refractivity contribution in [1.82, 2.24) is 14.5 Å². The fraction of sp³-hybridized carbons (Fsp3) is 0.130. The molecule has 0 unspecified atom stereocenters. The second-order valence-corrected chi connectivity index (χ2v) is 6.56. The first-order chi connectivity index (χ1) is 13.3. The Balaban J connectivity index is 1.70. The third-order valence-electron chi connectivity index (χ3n) is 4.83. The van der Waals surface area contributed by atoms with E-state index in [0.29, 0.717) is 6.61 Å². The van der Waals surface area contributed by atoms with Crippen LogP contribution in [0, 0.1) is 0 Å². The van der Waals surface area contributed by atoms with E-state index in [1.165, 1.54) is 5.56 Å². The zero-order valence-electron chi connectivity index (χ0n) is 15.1. The van der Waals surface area contributed by atoms with E-state index in [-0.39, 0.29) is 0 Å². The summed E-state index contributed by atoms with van der Waals surface area (Å²) in [4.78, 5) is 9.84. The van der Waals surface area contributed by atoms with Crippen molar-refractivity contribution in [2.24, 2.45) is 0 Å². The topological polar surface area (TPSA) is 39.9 Å². The average molecular weight is 353 g/mol. The Labute approximate surface area is 157 Å². The lowest BCUT2D eigenvalue weighted by Crippen LogP contribution is -2.01. The molecule has 5 aromatic rings. The minimum Gasteiger partial charge on any atom is -0.494 e. The van der Waals surface area contributed by atoms with Crippen molar-refractivity contribution in [2.45, 2.75) is 13.5 Å². The van der Waals surface area contributed by atoms with Crippen LogP contribution in [0.15, 0.2) is 72.8 Å². The molecule has 132 valence electrons. The average Bonchev–Trinajstić information content (AvgIpc) is 3.01. The summed E-state index contributed by atoms with van der Waals surface area (Å²) >= 11 is 0. The number of hydrogen-bond donors (Lipinski definition) is 0. The SMILES string of the molecule is CCOc1ccc(Cn2c3ccccc3c3nc4ccccc4nc32)cc1. The van der Waals surface area contributed by atoms with Gasteiger partial charge in [0.2, 0.25) is 0 Å². The highest BCUT2D eigenvalue weighted by Gasteiger charge is 2.14. The van der Waals surface area contributed by atoms with Gasteiger partial charge < -0.3 is 9.30 Å². The molecule has 0 aliphatic heterocycles. The molecular formula is C23H19N3O. The number of rotatable bonds is 4. The summed E-state index contributed by atoms with van der Waals surface area (Å²) in [5.74, 6) is 0.897. The van der Waals surface area contributed by atoms with Gasteiger partial charge in [-0.15, -0.1) is 0 Å². The maximum atomic E-state index is 5.56. The lowest BCUT2D eigenvalue weighted by Gasteiger charge is -2.09. The highest BCUT2D eigenvalue weighted by molar-refractivity contribution is 6.06. The smallest absolute Gasteiger partial charge is 0.160 e. The Morgan fingerprint density at radius 2 is 1.52 bits per heavy atom. The number of fused-ring (bicyclic) bond motifs is 4. The highest BCUT2D eigenvalue weighted by atomic mass is 16.5. The van der Waals surface area contributed by atoms with Crippen LogP contribution in [0.2, 0.25) is 0 Å². The van der Waals surface area contributed by atoms with Crippen LogP contribution in [0.3, 0.4) is 0 Å². The monoisotopic (exact) mass is 353 g/mol. The molecule has 5 rings (SSSR count). The van der Waals surface area contributed by atoms with Gasteiger partial charge in [-0.25, -0.2) is 9.97 Å². The summed E-state index contributed by atoms with van der Waals surface area (Å²) in [6, 6.07) is 24.7. The van der Waals surface area contributed by atoms with Gasteiger partial charge in [0, 0.05) is 11.9 Å². The van der Waals surface area contributed by atoms with Gasteiger partial charge in [-0.05, 0) is 42.8 Å². The number of ether oxygens (including phenoxy) is 1. The molecule has 2 heterocycles. The Kier molecular flexibility index (Phi) is 3.75. The molecule has 2 aromatic heterocycles. The molecule has 3 aromatic carbocycles. The largest absolute Gasteiger partial charge is 0.494 e. The molecule has 0 fully saturated rings. The van der Waals surface area contributed by atoms with Crippen LogP contribution in [0.4, 0.5) is 0 Å². The summed E-state index contributed by atoms with van der Waals surface area (Å²) in [5, 5.41) is 1.14. The standard InChI is InChI=1S/C23H19N3O/c1-2-27-17-13-11-16(12-14-17)15-26-21-10-6-3-7-18(21)22-23(26)25-20-9-5-4-8-19(20)24-22/h3-14H,2,15H2,1H3. The molecule has 0 saturated carbocycles. The van der Waals surface area contributed by atoms with Crippen molar-refractivity contribution in [1.29, 1.82) is 0 Å². The molecule has 0 aliphatic rings. The molecule has 0 N–H and O–H groups in total. The van der Waals surface area contributed by atoms with Gasteiger partial charge in [0.1, 0.15) is 11.3 Å². The maximum Gasteiger partial charge on any atom is 0.160 e. The van der Waals surface area contributed by atoms with Crippen molar-refractivity contribution in [3.63, 3.8) is 0 Å². The van der Waals surface area contributed by atoms with Crippen molar-refractivity contribution in [3.8, 4) is 5.75 Å². The second-order valence-electron chi connectivity index (χ2n) is 6.56. The minimum atomic E-state index is 0.675. The van der Waals surface area contributed by atoms with Crippen molar-refractivity contribution in [2.75, 3.05) is 6.61 Å². The van der Waals surface area contributed by atoms with Gasteiger partial charge in [0.25, 0.3) is 0 Å². The van der Waals surface area contributed by atoms with E-state index >= 15 is 0 Å². The van der Waals surface area contributed by atoms with E-state index in [1.54, 1.807) is 0 Å². The lowest BCUT2D eigenvalue weighted by molar-refractivity contribution is 0.340. The summed E-state index contributed by atoms with van der Waals surface area (Å²) in [7, 11) is 0. The number of benzene rings is 3. The van der Waals surface area contributed by atoms with Crippen LogP contribution in [0.1, 0.15) is 12.5 Å². The molecular weight excluding hydrogens is 334 g/mol. The van der Waals surface area contributed by atoms with E-state index in [4.69, 9.17) is 14.7 Å². The van der Waals surface area contributed by atoms with Gasteiger partial charge in [-0.1, -0.05) is 42.5 Å². The van der Waals surface area contributed by atoms with Gasteiger partial charge in [0.15, 0.2) is 5.65 Å². The summed E-state index contributed by atoms with van der Waals surface area (Å²) in [6.45, 7) is 3.41. The summed E-state index contributed by atoms with van der Waals surface area (Å²) < 4.78 is 7.81. The third kappa shape index (κ3) is 2.70.